The van der Waals surface area contributed by atoms with Crippen LogP contribution < -0.4 is 16.8 Å². The number of aromatic amines is 1. The summed E-state index contributed by atoms with van der Waals surface area (Å²) in [4.78, 5) is 24.3. The number of H-pyrrole nitrogens is 1. The van der Waals surface area contributed by atoms with Crippen LogP contribution in [0.5, 0.6) is 0 Å². The van der Waals surface area contributed by atoms with Crippen LogP contribution in [0.2, 0.25) is 0 Å². The number of amides is 1. The van der Waals surface area contributed by atoms with Crippen LogP contribution in [0.15, 0.2) is 27.4 Å². The van der Waals surface area contributed by atoms with E-state index in [4.69, 9.17) is 10.2 Å². The first kappa shape index (κ1) is 9.47. The van der Waals surface area contributed by atoms with E-state index in [9.17, 15) is 9.59 Å². The molecule has 1 amide bonds. The molecule has 0 radical (unpaired) electrons. The van der Waals surface area contributed by atoms with Crippen LogP contribution in [-0.4, -0.2) is 17.4 Å². The molecule has 0 unspecified atom stereocenters. The molecular weight excluding hydrogens is 198 g/mol. The molecule has 78 valence electrons. The van der Waals surface area contributed by atoms with Crippen molar-refractivity contribution in [1.82, 2.24) is 4.98 Å². The number of fused-ring (bicyclic) bond motifs is 1. The zero-order valence-corrected chi connectivity index (χ0v) is 7.74. The topological polar surface area (TPSA) is 101 Å². The number of nitrogens with one attached hydrogen (secondary N) is 2. The van der Waals surface area contributed by atoms with E-state index in [0.717, 1.165) is 0 Å². The average Bonchev–Trinajstić information content (AvgIpc) is 2.57. The maximum Gasteiger partial charge on any atom is 0.417 e. The van der Waals surface area contributed by atoms with Gasteiger partial charge in [0, 0.05) is 5.69 Å². The normalized spacial score (nSPS) is 10.5. The summed E-state index contributed by atoms with van der Waals surface area (Å²) in [6.07, 6.45) is 0. The van der Waals surface area contributed by atoms with Crippen molar-refractivity contribution in [2.24, 2.45) is 5.73 Å². The summed E-state index contributed by atoms with van der Waals surface area (Å²) in [7, 11) is 0. The minimum atomic E-state index is -0.521. The zero-order chi connectivity index (χ0) is 10.8. The molecule has 2 rings (SSSR count). The summed E-state index contributed by atoms with van der Waals surface area (Å²) in [5.74, 6) is -0.813. The molecule has 1 heterocycles. The Balaban J connectivity index is 2.38. The van der Waals surface area contributed by atoms with E-state index in [1.807, 2.05) is 0 Å². The van der Waals surface area contributed by atoms with Gasteiger partial charge in [0.2, 0.25) is 5.91 Å². The second-order valence-corrected chi connectivity index (χ2v) is 2.98. The number of benzene rings is 1. The summed E-state index contributed by atoms with van der Waals surface area (Å²) in [5.41, 5.74) is 6.70. The molecule has 0 spiro atoms. The Labute approximate surface area is 84.1 Å². The third-order valence-electron chi connectivity index (χ3n) is 1.89. The Morgan fingerprint density at radius 3 is 3.07 bits per heavy atom. The fourth-order valence-corrected chi connectivity index (χ4v) is 1.24. The van der Waals surface area contributed by atoms with E-state index in [1.54, 1.807) is 18.2 Å². The molecule has 0 fully saturated rings. The van der Waals surface area contributed by atoms with Crippen LogP contribution in [0.25, 0.3) is 11.1 Å². The molecule has 2 aromatic rings. The van der Waals surface area contributed by atoms with Gasteiger partial charge in [0.1, 0.15) is 0 Å². The SMILES string of the molecule is NCC(=O)Nc1ccc2oc(=O)[nH]c2c1. The van der Waals surface area contributed by atoms with Gasteiger partial charge in [-0.05, 0) is 18.2 Å². The van der Waals surface area contributed by atoms with Gasteiger partial charge in [-0.2, -0.15) is 0 Å². The van der Waals surface area contributed by atoms with Crippen molar-refractivity contribution >= 4 is 22.7 Å². The molecule has 0 aliphatic carbocycles. The van der Waals surface area contributed by atoms with Crippen LogP contribution in [0.3, 0.4) is 0 Å². The van der Waals surface area contributed by atoms with E-state index in [2.05, 4.69) is 10.3 Å². The highest BCUT2D eigenvalue weighted by Crippen LogP contribution is 2.15. The number of hydrogen-bond donors (Lipinski definition) is 3. The highest BCUT2D eigenvalue weighted by Gasteiger charge is 2.03. The fourth-order valence-electron chi connectivity index (χ4n) is 1.24. The van der Waals surface area contributed by atoms with Crippen LogP contribution >= 0.6 is 0 Å². The molecule has 0 aliphatic rings. The van der Waals surface area contributed by atoms with E-state index >= 15 is 0 Å². The van der Waals surface area contributed by atoms with Crippen molar-refractivity contribution in [1.29, 1.82) is 0 Å². The standard InChI is InChI=1S/C9H9N3O3/c10-4-8(13)11-5-1-2-7-6(3-5)12-9(14)15-7/h1-3H,4,10H2,(H,11,13)(H,12,14). The van der Waals surface area contributed by atoms with Crippen molar-refractivity contribution in [2.45, 2.75) is 0 Å². The molecule has 15 heavy (non-hydrogen) atoms. The van der Waals surface area contributed by atoms with Crippen LogP contribution in [-0.2, 0) is 4.79 Å². The predicted molar refractivity (Wildman–Crippen MR) is 54.5 cm³/mol. The molecule has 0 atom stereocenters. The quantitative estimate of drug-likeness (QED) is 0.646. The Kier molecular flexibility index (Phi) is 2.26. The number of carbonyl (C=O) groups excluding carboxylic acids is 1. The first-order valence-electron chi connectivity index (χ1n) is 4.32. The second-order valence-electron chi connectivity index (χ2n) is 2.98. The van der Waals surface area contributed by atoms with Gasteiger partial charge in [0.05, 0.1) is 12.1 Å². The van der Waals surface area contributed by atoms with E-state index in [-0.39, 0.29) is 12.5 Å². The Hall–Kier alpha value is -2.08. The number of oxazole rings is 1. The lowest BCUT2D eigenvalue weighted by Gasteiger charge is -2.01. The first-order valence-corrected chi connectivity index (χ1v) is 4.32. The van der Waals surface area contributed by atoms with Crippen molar-refractivity contribution in [3.05, 3.63) is 28.7 Å². The Morgan fingerprint density at radius 2 is 2.33 bits per heavy atom. The number of rotatable bonds is 2. The smallest absolute Gasteiger partial charge is 0.408 e. The van der Waals surface area contributed by atoms with Gasteiger partial charge in [-0.25, -0.2) is 4.79 Å². The third kappa shape index (κ3) is 1.89. The number of aromatic nitrogens is 1. The third-order valence-corrected chi connectivity index (χ3v) is 1.89. The highest BCUT2D eigenvalue weighted by atomic mass is 16.4. The number of nitrogens with two attached hydrogens (primary N) is 1. The minimum Gasteiger partial charge on any atom is -0.408 e. The predicted octanol–water partition coefficient (Wildman–Crippen LogP) is 0.0183. The van der Waals surface area contributed by atoms with Crippen molar-refractivity contribution < 1.29 is 9.21 Å². The molecule has 0 bridgehead atoms. The van der Waals surface area contributed by atoms with E-state index < -0.39 is 5.76 Å². The van der Waals surface area contributed by atoms with Crippen LogP contribution in [0, 0.1) is 0 Å². The van der Waals surface area contributed by atoms with Gasteiger partial charge in [-0.15, -0.1) is 0 Å². The van der Waals surface area contributed by atoms with Gasteiger partial charge in [-0.3, -0.25) is 9.78 Å². The van der Waals surface area contributed by atoms with Gasteiger partial charge < -0.3 is 15.5 Å². The van der Waals surface area contributed by atoms with Crippen molar-refractivity contribution in [2.75, 3.05) is 11.9 Å². The summed E-state index contributed by atoms with van der Waals surface area (Å²) in [5, 5.41) is 2.57. The van der Waals surface area contributed by atoms with Crippen molar-refractivity contribution in [3.8, 4) is 0 Å². The lowest BCUT2D eigenvalue weighted by Crippen LogP contribution is -2.21. The molecule has 0 saturated heterocycles. The van der Waals surface area contributed by atoms with Gasteiger partial charge in [0.25, 0.3) is 0 Å². The second kappa shape index (κ2) is 3.58. The van der Waals surface area contributed by atoms with E-state index in [0.29, 0.717) is 16.8 Å². The molecule has 4 N–H and O–H groups in total. The Bertz CT molecular complexity index is 555. The van der Waals surface area contributed by atoms with E-state index in [1.165, 1.54) is 0 Å². The van der Waals surface area contributed by atoms with Crippen molar-refractivity contribution in [3.63, 3.8) is 0 Å². The van der Waals surface area contributed by atoms with Gasteiger partial charge in [0.15, 0.2) is 5.58 Å². The number of carbonyl (C=O) groups is 1. The fraction of sp³-hybridized carbons (Fsp3) is 0.111. The number of anilines is 1. The summed E-state index contributed by atoms with van der Waals surface area (Å²) >= 11 is 0. The zero-order valence-electron chi connectivity index (χ0n) is 7.74. The molecule has 6 nitrogen and oxygen atoms in total. The Morgan fingerprint density at radius 1 is 1.53 bits per heavy atom. The van der Waals surface area contributed by atoms with Gasteiger partial charge >= 0.3 is 5.76 Å². The maximum absolute atomic E-state index is 11.0. The number of hydrogen-bond acceptors (Lipinski definition) is 4. The largest absolute Gasteiger partial charge is 0.417 e. The lowest BCUT2D eigenvalue weighted by molar-refractivity contribution is -0.114. The summed E-state index contributed by atoms with van der Waals surface area (Å²) in [6, 6.07) is 4.83. The molecule has 0 aliphatic heterocycles. The van der Waals surface area contributed by atoms with Crippen LogP contribution in [0.1, 0.15) is 0 Å². The molecule has 6 heteroatoms. The molecular formula is C9H9N3O3. The highest BCUT2D eigenvalue weighted by molar-refractivity contribution is 5.93. The lowest BCUT2D eigenvalue weighted by atomic mass is 10.3. The molecule has 1 aromatic heterocycles. The summed E-state index contributed by atoms with van der Waals surface area (Å²) < 4.78 is 4.81. The van der Waals surface area contributed by atoms with Crippen LogP contribution in [0.4, 0.5) is 5.69 Å². The first-order chi connectivity index (χ1) is 7.19. The molecule has 0 saturated carbocycles. The van der Waals surface area contributed by atoms with Gasteiger partial charge in [-0.1, -0.05) is 0 Å². The molecule has 1 aromatic carbocycles. The minimum absolute atomic E-state index is 0.0834. The monoisotopic (exact) mass is 207 g/mol. The summed E-state index contributed by atoms with van der Waals surface area (Å²) in [6.45, 7) is -0.0834. The average molecular weight is 207 g/mol. The maximum atomic E-state index is 11.0.